The van der Waals surface area contributed by atoms with E-state index in [-0.39, 0.29) is 0 Å². The zero-order valence-electron chi connectivity index (χ0n) is 13.1. The summed E-state index contributed by atoms with van der Waals surface area (Å²) in [5, 5.41) is 3.10. The summed E-state index contributed by atoms with van der Waals surface area (Å²) in [6.07, 6.45) is 3.41. The summed E-state index contributed by atoms with van der Waals surface area (Å²) >= 11 is 0. The lowest BCUT2D eigenvalue weighted by atomic mass is 10.1. The van der Waals surface area contributed by atoms with Gasteiger partial charge in [-0.25, -0.2) is 9.97 Å². The maximum Gasteiger partial charge on any atom is 0.227 e. The third-order valence-corrected chi connectivity index (χ3v) is 3.19. The van der Waals surface area contributed by atoms with Crippen molar-refractivity contribution in [2.45, 2.75) is 19.8 Å². The molecular formula is C16H22N4O. The van der Waals surface area contributed by atoms with Gasteiger partial charge in [-0.2, -0.15) is 0 Å². The summed E-state index contributed by atoms with van der Waals surface area (Å²) in [5.74, 6) is 2.22. The lowest BCUT2D eigenvalue weighted by Crippen LogP contribution is -2.08. The van der Waals surface area contributed by atoms with Gasteiger partial charge in [-0.3, -0.25) is 0 Å². The molecule has 1 aromatic heterocycles. The summed E-state index contributed by atoms with van der Waals surface area (Å²) in [5.41, 5.74) is 2.10. The van der Waals surface area contributed by atoms with Crippen LogP contribution in [0.15, 0.2) is 30.6 Å². The molecule has 0 spiro atoms. The number of nitrogens with one attached hydrogen (secondary N) is 1. The second kappa shape index (κ2) is 6.92. The van der Waals surface area contributed by atoms with Gasteiger partial charge in [-0.05, 0) is 18.6 Å². The molecule has 0 unspecified atom stereocenters. The number of aromatic nitrogens is 2. The Hall–Kier alpha value is -2.30. The fourth-order valence-electron chi connectivity index (χ4n) is 2.11. The summed E-state index contributed by atoms with van der Waals surface area (Å²) in [6.45, 7) is 2.13. The Balaban J connectivity index is 2.32. The number of hydrogen-bond acceptors (Lipinski definition) is 5. The largest absolute Gasteiger partial charge is 0.438 e. The summed E-state index contributed by atoms with van der Waals surface area (Å²) in [4.78, 5) is 10.6. The van der Waals surface area contributed by atoms with Gasteiger partial charge >= 0.3 is 0 Å². The first-order valence-corrected chi connectivity index (χ1v) is 7.12. The molecule has 0 aliphatic rings. The molecule has 2 rings (SSSR count). The van der Waals surface area contributed by atoms with Crippen molar-refractivity contribution in [1.29, 1.82) is 0 Å². The van der Waals surface area contributed by atoms with Gasteiger partial charge in [0.2, 0.25) is 5.88 Å². The number of hydrogen-bond donors (Lipinski definition) is 1. The molecule has 0 bridgehead atoms. The number of rotatable bonds is 6. The smallest absolute Gasteiger partial charge is 0.227 e. The van der Waals surface area contributed by atoms with Crippen LogP contribution in [-0.2, 0) is 6.42 Å². The zero-order chi connectivity index (χ0) is 15.2. The quantitative estimate of drug-likeness (QED) is 0.882. The van der Waals surface area contributed by atoms with Gasteiger partial charge in [-0.15, -0.1) is 0 Å². The van der Waals surface area contributed by atoms with E-state index in [0.717, 1.165) is 35.7 Å². The van der Waals surface area contributed by atoms with E-state index in [4.69, 9.17) is 4.74 Å². The Kier molecular flexibility index (Phi) is 4.98. The van der Waals surface area contributed by atoms with Gasteiger partial charge in [0.25, 0.3) is 0 Å². The normalized spacial score (nSPS) is 10.3. The van der Waals surface area contributed by atoms with Crippen LogP contribution in [0.1, 0.15) is 18.9 Å². The standard InChI is InChI=1S/C16H22N4O/c1-5-7-14-15(17-2)18-11-19-16(14)21-13-9-6-8-12(10-13)20(3)4/h6,8-11H,5,7H2,1-4H3,(H,17,18,19). The van der Waals surface area contributed by atoms with E-state index in [1.165, 1.54) is 6.33 Å². The van der Waals surface area contributed by atoms with Gasteiger partial charge in [0.1, 0.15) is 17.9 Å². The molecule has 0 radical (unpaired) electrons. The van der Waals surface area contributed by atoms with Gasteiger partial charge < -0.3 is 15.0 Å². The maximum atomic E-state index is 5.98. The molecule has 0 amide bonds. The van der Waals surface area contributed by atoms with E-state index >= 15 is 0 Å². The van der Waals surface area contributed by atoms with Crippen LogP contribution >= 0.6 is 0 Å². The molecule has 1 aromatic carbocycles. The molecule has 112 valence electrons. The van der Waals surface area contributed by atoms with Crippen molar-refractivity contribution in [3.63, 3.8) is 0 Å². The fourth-order valence-corrected chi connectivity index (χ4v) is 2.11. The molecule has 0 saturated heterocycles. The number of benzene rings is 1. The molecule has 21 heavy (non-hydrogen) atoms. The predicted molar refractivity (Wildman–Crippen MR) is 86.4 cm³/mol. The number of ether oxygens (including phenoxy) is 1. The molecule has 5 nitrogen and oxygen atoms in total. The van der Waals surface area contributed by atoms with Crippen molar-refractivity contribution in [2.24, 2.45) is 0 Å². The predicted octanol–water partition coefficient (Wildman–Crippen LogP) is 3.33. The van der Waals surface area contributed by atoms with Crippen molar-refractivity contribution in [3.8, 4) is 11.6 Å². The van der Waals surface area contributed by atoms with Gasteiger partial charge in [-0.1, -0.05) is 19.4 Å². The second-order valence-electron chi connectivity index (χ2n) is 5.00. The van der Waals surface area contributed by atoms with E-state index in [1.807, 2.05) is 50.3 Å². The van der Waals surface area contributed by atoms with E-state index < -0.39 is 0 Å². The lowest BCUT2D eigenvalue weighted by molar-refractivity contribution is 0.454. The van der Waals surface area contributed by atoms with Crippen LogP contribution in [-0.4, -0.2) is 31.1 Å². The Labute approximate surface area is 126 Å². The van der Waals surface area contributed by atoms with Crippen LogP contribution in [0.3, 0.4) is 0 Å². The first kappa shape index (κ1) is 15.1. The molecule has 0 aliphatic carbocycles. The van der Waals surface area contributed by atoms with E-state index in [1.54, 1.807) is 0 Å². The van der Waals surface area contributed by atoms with Crippen LogP contribution in [0.5, 0.6) is 11.6 Å². The maximum absolute atomic E-state index is 5.98. The van der Waals surface area contributed by atoms with Crippen molar-refractivity contribution < 1.29 is 4.74 Å². The zero-order valence-corrected chi connectivity index (χ0v) is 13.1. The minimum Gasteiger partial charge on any atom is -0.438 e. The molecule has 0 aliphatic heterocycles. The molecule has 0 fully saturated rings. The summed E-state index contributed by atoms with van der Waals surface area (Å²) < 4.78 is 5.98. The molecular weight excluding hydrogens is 264 g/mol. The molecule has 2 aromatic rings. The summed E-state index contributed by atoms with van der Waals surface area (Å²) in [6, 6.07) is 7.95. The molecule has 5 heteroatoms. The lowest BCUT2D eigenvalue weighted by Gasteiger charge is -2.15. The van der Waals surface area contributed by atoms with Crippen LogP contribution in [0, 0.1) is 0 Å². The molecule has 1 heterocycles. The molecule has 1 N–H and O–H groups in total. The summed E-state index contributed by atoms with van der Waals surface area (Å²) in [7, 11) is 5.87. The third-order valence-electron chi connectivity index (χ3n) is 3.19. The molecule has 0 atom stereocenters. The number of nitrogens with zero attached hydrogens (tertiary/aromatic N) is 3. The Bertz CT molecular complexity index is 599. The third kappa shape index (κ3) is 3.62. The average Bonchev–Trinajstić information content (AvgIpc) is 2.49. The topological polar surface area (TPSA) is 50.3 Å². The van der Waals surface area contributed by atoms with Crippen molar-refractivity contribution in [1.82, 2.24) is 9.97 Å². The Morgan fingerprint density at radius 1 is 1.24 bits per heavy atom. The van der Waals surface area contributed by atoms with Gasteiger partial charge in [0.15, 0.2) is 0 Å². The van der Waals surface area contributed by atoms with Gasteiger partial charge in [0.05, 0.1) is 5.56 Å². The minimum absolute atomic E-state index is 0.618. The van der Waals surface area contributed by atoms with E-state index in [2.05, 4.69) is 22.2 Å². The first-order chi connectivity index (χ1) is 10.2. The van der Waals surface area contributed by atoms with Crippen molar-refractivity contribution in [3.05, 3.63) is 36.2 Å². The van der Waals surface area contributed by atoms with Crippen molar-refractivity contribution in [2.75, 3.05) is 31.4 Å². The monoisotopic (exact) mass is 286 g/mol. The Morgan fingerprint density at radius 3 is 2.71 bits per heavy atom. The molecule has 0 saturated carbocycles. The second-order valence-corrected chi connectivity index (χ2v) is 5.00. The van der Waals surface area contributed by atoms with Crippen molar-refractivity contribution >= 4 is 11.5 Å². The first-order valence-electron chi connectivity index (χ1n) is 7.12. The highest BCUT2D eigenvalue weighted by molar-refractivity contribution is 5.52. The highest BCUT2D eigenvalue weighted by atomic mass is 16.5. The highest BCUT2D eigenvalue weighted by Gasteiger charge is 2.12. The van der Waals surface area contributed by atoms with E-state index in [0.29, 0.717) is 5.88 Å². The Morgan fingerprint density at radius 2 is 2.05 bits per heavy atom. The highest BCUT2D eigenvalue weighted by Crippen LogP contribution is 2.29. The van der Waals surface area contributed by atoms with Crippen LogP contribution < -0.4 is 15.0 Å². The van der Waals surface area contributed by atoms with Gasteiger partial charge in [0, 0.05) is 32.9 Å². The van der Waals surface area contributed by atoms with Crippen LogP contribution in [0.2, 0.25) is 0 Å². The fraction of sp³-hybridized carbons (Fsp3) is 0.375. The van der Waals surface area contributed by atoms with Crippen LogP contribution in [0.4, 0.5) is 11.5 Å². The number of anilines is 2. The average molecular weight is 286 g/mol. The van der Waals surface area contributed by atoms with E-state index in [9.17, 15) is 0 Å². The minimum atomic E-state index is 0.618. The van der Waals surface area contributed by atoms with Crippen LogP contribution in [0.25, 0.3) is 0 Å². The SMILES string of the molecule is CCCc1c(NC)ncnc1Oc1cccc(N(C)C)c1.